The van der Waals surface area contributed by atoms with Crippen molar-refractivity contribution in [3.8, 4) is 0 Å². The third-order valence-corrected chi connectivity index (χ3v) is 4.38. The van der Waals surface area contributed by atoms with Crippen LogP contribution in [0.25, 0.3) is 11.0 Å². The number of carbonyl (C=O) groups is 1. The summed E-state index contributed by atoms with van der Waals surface area (Å²) in [5, 5.41) is 22.3. The van der Waals surface area contributed by atoms with Crippen molar-refractivity contribution in [2.75, 3.05) is 18.0 Å². The monoisotopic (exact) mass is 351 g/mol. The molecule has 1 aliphatic rings. The van der Waals surface area contributed by atoms with Gasteiger partial charge in [0.25, 0.3) is 5.69 Å². The molecule has 2 heterocycles. The number of piperidine rings is 1. The molecular weight excluding hydrogens is 333 g/mol. The highest BCUT2D eigenvalue weighted by Gasteiger charge is 2.31. The lowest BCUT2D eigenvalue weighted by Crippen LogP contribution is -2.52. The Hall–Kier alpha value is -2.91. The van der Waals surface area contributed by atoms with Gasteiger partial charge in [-0.1, -0.05) is 0 Å². The molecule has 0 unspecified atom stereocenters. The summed E-state index contributed by atoms with van der Waals surface area (Å²) in [6, 6.07) is 2.53. The van der Waals surface area contributed by atoms with Gasteiger partial charge in [-0.3, -0.25) is 10.1 Å². The molecular formula is C15H18FN5O4. The van der Waals surface area contributed by atoms with Gasteiger partial charge >= 0.3 is 6.09 Å². The number of halogens is 1. The van der Waals surface area contributed by atoms with Crippen molar-refractivity contribution in [2.24, 2.45) is 7.05 Å². The minimum atomic E-state index is -1.20. The van der Waals surface area contributed by atoms with Crippen LogP contribution in [0, 0.1) is 17.0 Å². The SMILES string of the molecule is Cc1cc2c(cc1[N+](=O)[O-])nc(N1C[C@H](F)C[C@@H](NC(=O)O)C1)n2C. The lowest BCUT2D eigenvalue weighted by molar-refractivity contribution is -0.385. The van der Waals surface area contributed by atoms with Gasteiger partial charge in [0.15, 0.2) is 0 Å². The van der Waals surface area contributed by atoms with E-state index in [-0.39, 0.29) is 25.2 Å². The van der Waals surface area contributed by atoms with Gasteiger partial charge in [-0.15, -0.1) is 0 Å². The van der Waals surface area contributed by atoms with Gasteiger partial charge < -0.3 is 19.9 Å². The summed E-state index contributed by atoms with van der Waals surface area (Å²) in [5.41, 5.74) is 1.63. The first-order valence-electron chi connectivity index (χ1n) is 7.76. The maximum atomic E-state index is 14.0. The van der Waals surface area contributed by atoms with Gasteiger partial charge in [0.1, 0.15) is 6.17 Å². The molecule has 1 aliphatic heterocycles. The fraction of sp³-hybridized carbons (Fsp3) is 0.467. The molecule has 3 rings (SSSR count). The number of anilines is 1. The normalized spacial score (nSPS) is 20.7. The quantitative estimate of drug-likeness (QED) is 0.646. The third kappa shape index (κ3) is 3.19. The molecule has 2 atom stereocenters. The van der Waals surface area contributed by atoms with Crippen LogP contribution in [0.4, 0.5) is 20.8 Å². The Kier molecular flexibility index (Phi) is 4.19. The highest BCUT2D eigenvalue weighted by atomic mass is 19.1. The van der Waals surface area contributed by atoms with Crippen LogP contribution in [0.1, 0.15) is 12.0 Å². The Balaban J connectivity index is 1.98. The predicted molar refractivity (Wildman–Crippen MR) is 88.8 cm³/mol. The van der Waals surface area contributed by atoms with Crippen molar-refractivity contribution in [2.45, 2.75) is 25.6 Å². The fourth-order valence-corrected chi connectivity index (χ4v) is 3.28. The number of imidazole rings is 1. The topological polar surface area (TPSA) is 114 Å². The van der Waals surface area contributed by atoms with Crippen molar-refractivity contribution in [3.63, 3.8) is 0 Å². The van der Waals surface area contributed by atoms with Crippen LogP contribution in [-0.2, 0) is 7.05 Å². The molecule has 1 aromatic carbocycles. The van der Waals surface area contributed by atoms with Gasteiger partial charge in [-0.2, -0.15) is 0 Å². The summed E-state index contributed by atoms with van der Waals surface area (Å²) >= 11 is 0. The standard InChI is InChI=1S/C15H18FN5O4/c1-8-3-13-11(5-12(8)21(24)25)18-14(19(13)2)20-6-9(16)4-10(7-20)17-15(22)23/h3,5,9-10,17H,4,6-7H2,1-2H3,(H,22,23)/t9-,10-/m1/s1. The number of aryl methyl sites for hydroxylation is 2. The number of nitrogens with one attached hydrogen (secondary N) is 1. The highest BCUT2D eigenvalue weighted by molar-refractivity contribution is 5.82. The number of aromatic nitrogens is 2. The number of hydrogen-bond acceptors (Lipinski definition) is 5. The van der Waals surface area contributed by atoms with E-state index in [9.17, 15) is 19.3 Å². The molecule has 25 heavy (non-hydrogen) atoms. The summed E-state index contributed by atoms with van der Waals surface area (Å²) in [5.74, 6) is 0.453. The average molecular weight is 351 g/mol. The fourth-order valence-electron chi connectivity index (χ4n) is 3.28. The van der Waals surface area contributed by atoms with Crippen molar-refractivity contribution in [3.05, 3.63) is 27.8 Å². The predicted octanol–water partition coefficient (Wildman–Crippen LogP) is 1.97. The van der Waals surface area contributed by atoms with E-state index in [0.29, 0.717) is 22.5 Å². The van der Waals surface area contributed by atoms with E-state index in [4.69, 9.17) is 5.11 Å². The molecule has 1 amide bonds. The first-order valence-corrected chi connectivity index (χ1v) is 7.76. The Morgan fingerprint density at radius 2 is 2.20 bits per heavy atom. The lowest BCUT2D eigenvalue weighted by Gasteiger charge is -2.35. The molecule has 9 nitrogen and oxygen atoms in total. The number of fused-ring (bicyclic) bond motifs is 1. The second kappa shape index (κ2) is 6.19. The van der Waals surface area contributed by atoms with Crippen LogP contribution in [-0.4, -0.2) is 51.0 Å². The summed E-state index contributed by atoms with van der Waals surface area (Å²) in [7, 11) is 1.75. The minimum Gasteiger partial charge on any atom is -0.465 e. The number of rotatable bonds is 3. The second-order valence-corrected chi connectivity index (χ2v) is 6.24. The third-order valence-electron chi connectivity index (χ3n) is 4.38. The Labute approximate surface area is 142 Å². The van der Waals surface area contributed by atoms with E-state index in [1.54, 1.807) is 29.5 Å². The van der Waals surface area contributed by atoms with E-state index < -0.39 is 23.2 Å². The number of nitrogens with zero attached hydrogens (tertiary/aromatic N) is 4. The molecule has 0 saturated carbocycles. The van der Waals surface area contributed by atoms with Crippen molar-refractivity contribution < 1.29 is 19.2 Å². The minimum absolute atomic E-state index is 0.0235. The van der Waals surface area contributed by atoms with Crippen molar-refractivity contribution in [1.29, 1.82) is 0 Å². The number of hydrogen-bond donors (Lipinski definition) is 2. The smallest absolute Gasteiger partial charge is 0.404 e. The molecule has 0 aliphatic carbocycles. The number of nitro groups is 1. The van der Waals surface area contributed by atoms with Gasteiger partial charge in [-0.25, -0.2) is 14.2 Å². The Morgan fingerprint density at radius 3 is 2.84 bits per heavy atom. The number of alkyl halides is 1. The van der Waals surface area contributed by atoms with Crippen LogP contribution in [0.5, 0.6) is 0 Å². The Bertz CT molecular complexity index is 852. The molecule has 2 N–H and O–H groups in total. The first kappa shape index (κ1) is 16.9. The number of nitro benzene ring substituents is 1. The molecule has 10 heteroatoms. The zero-order chi connectivity index (χ0) is 18.3. The molecule has 1 fully saturated rings. The van der Waals surface area contributed by atoms with E-state index in [1.807, 2.05) is 0 Å². The zero-order valence-electron chi connectivity index (χ0n) is 13.8. The summed E-state index contributed by atoms with van der Waals surface area (Å²) in [6.07, 6.45) is -2.28. The van der Waals surface area contributed by atoms with E-state index in [0.717, 1.165) is 0 Å². The molecule has 2 aromatic rings. The molecule has 0 radical (unpaired) electrons. The lowest BCUT2D eigenvalue weighted by atomic mass is 10.0. The number of benzene rings is 1. The Morgan fingerprint density at radius 1 is 1.48 bits per heavy atom. The maximum absolute atomic E-state index is 14.0. The largest absolute Gasteiger partial charge is 0.465 e. The summed E-state index contributed by atoms with van der Waals surface area (Å²) in [4.78, 5) is 27.5. The average Bonchev–Trinajstić information content (AvgIpc) is 2.81. The zero-order valence-corrected chi connectivity index (χ0v) is 13.8. The van der Waals surface area contributed by atoms with Crippen LogP contribution in [0.2, 0.25) is 0 Å². The van der Waals surface area contributed by atoms with Gasteiger partial charge in [0, 0.05) is 31.6 Å². The van der Waals surface area contributed by atoms with Crippen LogP contribution in [0.3, 0.4) is 0 Å². The number of amides is 1. The van der Waals surface area contributed by atoms with Crippen molar-refractivity contribution in [1.82, 2.24) is 14.9 Å². The highest BCUT2D eigenvalue weighted by Crippen LogP contribution is 2.29. The molecule has 1 aromatic heterocycles. The van der Waals surface area contributed by atoms with Gasteiger partial charge in [-0.05, 0) is 13.0 Å². The molecule has 1 saturated heterocycles. The van der Waals surface area contributed by atoms with Crippen molar-refractivity contribution >= 4 is 28.8 Å². The molecule has 134 valence electrons. The second-order valence-electron chi connectivity index (χ2n) is 6.24. The van der Waals surface area contributed by atoms with Gasteiger partial charge in [0.05, 0.1) is 28.5 Å². The van der Waals surface area contributed by atoms with Crippen LogP contribution >= 0.6 is 0 Å². The number of carboxylic acid groups (broad SMARTS) is 1. The summed E-state index contributed by atoms with van der Waals surface area (Å²) < 4.78 is 15.8. The first-order chi connectivity index (χ1) is 11.8. The van der Waals surface area contributed by atoms with Crippen LogP contribution < -0.4 is 10.2 Å². The summed E-state index contributed by atoms with van der Waals surface area (Å²) in [6.45, 7) is 2.02. The van der Waals surface area contributed by atoms with Gasteiger partial charge in [0.2, 0.25) is 5.95 Å². The van der Waals surface area contributed by atoms with Crippen LogP contribution in [0.15, 0.2) is 12.1 Å². The maximum Gasteiger partial charge on any atom is 0.404 e. The van der Waals surface area contributed by atoms with E-state index in [1.165, 1.54) is 6.07 Å². The van der Waals surface area contributed by atoms with E-state index >= 15 is 0 Å². The molecule has 0 bridgehead atoms. The molecule has 0 spiro atoms. The van der Waals surface area contributed by atoms with E-state index in [2.05, 4.69) is 10.3 Å².